The second-order valence-electron chi connectivity index (χ2n) is 5.70. The Balaban J connectivity index is 1.82. The topological polar surface area (TPSA) is 65.7 Å². The van der Waals surface area contributed by atoms with Crippen molar-refractivity contribution >= 4 is 22.7 Å². The number of fused-ring (bicyclic) bond motifs is 1. The Labute approximate surface area is 151 Å². The highest BCUT2D eigenvalue weighted by Crippen LogP contribution is 2.29. The van der Waals surface area contributed by atoms with Crippen LogP contribution in [-0.2, 0) is 16.0 Å². The first kappa shape index (κ1) is 17.7. The molecule has 0 aliphatic heterocycles. The van der Waals surface area contributed by atoms with Crippen LogP contribution < -0.4 is 4.74 Å². The minimum Gasteiger partial charge on any atom is -0.482 e. The molecule has 0 spiro atoms. The van der Waals surface area contributed by atoms with Crippen molar-refractivity contribution < 1.29 is 23.5 Å². The molecule has 3 aromatic rings. The van der Waals surface area contributed by atoms with Gasteiger partial charge in [-0.3, -0.25) is 4.79 Å². The van der Waals surface area contributed by atoms with Gasteiger partial charge in [0.1, 0.15) is 17.1 Å². The number of furan rings is 1. The monoisotopic (exact) mass is 352 g/mol. The van der Waals surface area contributed by atoms with Crippen LogP contribution >= 0.6 is 0 Å². The van der Waals surface area contributed by atoms with Gasteiger partial charge in [-0.05, 0) is 37.3 Å². The maximum atomic E-state index is 13.0. The third-order valence-electron chi connectivity index (χ3n) is 4.00. The third-order valence-corrected chi connectivity index (χ3v) is 4.00. The average molecular weight is 352 g/mol. The lowest BCUT2D eigenvalue weighted by molar-refractivity contribution is -0.145. The summed E-state index contributed by atoms with van der Waals surface area (Å²) in [5.41, 5.74) is 1.85. The molecule has 0 fully saturated rings. The Morgan fingerprint density at radius 2 is 1.73 bits per heavy atom. The molecule has 0 N–H and O–H groups in total. The van der Waals surface area contributed by atoms with E-state index in [0.717, 1.165) is 5.39 Å². The predicted octanol–water partition coefficient (Wildman–Crippen LogP) is 4.17. The molecule has 0 aliphatic rings. The fourth-order valence-corrected chi connectivity index (χ4v) is 2.79. The number of aryl methyl sites for hydroxylation is 1. The van der Waals surface area contributed by atoms with Crippen LogP contribution in [0.2, 0.25) is 0 Å². The first-order chi connectivity index (χ1) is 12.6. The smallest absolute Gasteiger partial charge is 0.344 e. The first-order valence-electron chi connectivity index (χ1n) is 8.57. The van der Waals surface area contributed by atoms with Crippen molar-refractivity contribution in [3.05, 3.63) is 65.4 Å². The molecule has 1 aromatic heterocycles. The van der Waals surface area contributed by atoms with Crippen LogP contribution in [0.25, 0.3) is 11.0 Å². The summed E-state index contributed by atoms with van der Waals surface area (Å²) in [5, 5.41) is 0.817. The second-order valence-corrected chi connectivity index (χ2v) is 5.70. The number of carbonyl (C=O) groups is 2. The molecule has 0 saturated carbocycles. The van der Waals surface area contributed by atoms with Gasteiger partial charge in [-0.2, -0.15) is 0 Å². The molecule has 5 heteroatoms. The number of hydrogen-bond donors (Lipinski definition) is 0. The SMILES string of the molecule is CCOC(=O)COc1ccc(C(=O)c2c(CC)oc3ccccc23)cc1. The van der Waals surface area contributed by atoms with Crippen molar-refractivity contribution in [3.8, 4) is 5.75 Å². The molecule has 0 atom stereocenters. The lowest BCUT2D eigenvalue weighted by atomic mass is 9.99. The van der Waals surface area contributed by atoms with E-state index in [-0.39, 0.29) is 12.4 Å². The van der Waals surface area contributed by atoms with Gasteiger partial charge < -0.3 is 13.9 Å². The summed E-state index contributed by atoms with van der Waals surface area (Å²) in [6.07, 6.45) is 0.635. The Hall–Kier alpha value is -3.08. The van der Waals surface area contributed by atoms with Crippen LogP contribution in [0.5, 0.6) is 5.75 Å². The van der Waals surface area contributed by atoms with E-state index in [0.29, 0.717) is 41.2 Å². The van der Waals surface area contributed by atoms with Gasteiger partial charge in [-0.1, -0.05) is 25.1 Å². The summed E-state index contributed by atoms with van der Waals surface area (Å²) in [7, 11) is 0. The van der Waals surface area contributed by atoms with E-state index < -0.39 is 5.97 Å². The molecular weight excluding hydrogens is 332 g/mol. The van der Waals surface area contributed by atoms with E-state index in [2.05, 4.69) is 0 Å². The van der Waals surface area contributed by atoms with Crippen molar-refractivity contribution in [1.29, 1.82) is 0 Å². The Bertz CT molecular complexity index is 921. The van der Waals surface area contributed by atoms with Crippen molar-refractivity contribution in [3.63, 3.8) is 0 Å². The number of ketones is 1. The number of ether oxygens (including phenoxy) is 2. The fraction of sp³-hybridized carbons (Fsp3) is 0.238. The van der Waals surface area contributed by atoms with Gasteiger partial charge in [-0.15, -0.1) is 0 Å². The number of rotatable bonds is 7. The molecule has 0 unspecified atom stereocenters. The van der Waals surface area contributed by atoms with Crippen LogP contribution in [0.4, 0.5) is 0 Å². The van der Waals surface area contributed by atoms with Gasteiger partial charge in [-0.25, -0.2) is 4.79 Å². The zero-order valence-corrected chi connectivity index (χ0v) is 14.8. The molecule has 0 aliphatic carbocycles. The summed E-state index contributed by atoms with van der Waals surface area (Å²) >= 11 is 0. The Morgan fingerprint density at radius 1 is 1.00 bits per heavy atom. The third kappa shape index (κ3) is 3.61. The normalized spacial score (nSPS) is 10.7. The number of carbonyl (C=O) groups excluding carboxylic acids is 2. The number of benzene rings is 2. The lowest BCUT2D eigenvalue weighted by Crippen LogP contribution is -2.14. The molecule has 0 radical (unpaired) electrons. The molecule has 2 aromatic carbocycles. The van der Waals surface area contributed by atoms with Gasteiger partial charge in [0.05, 0.1) is 12.2 Å². The first-order valence-corrected chi connectivity index (χ1v) is 8.57. The van der Waals surface area contributed by atoms with Crippen LogP contribution in [0.3, 0.4) is 0 Å². The van der Waals surface area contributed by atoms with E-state index in [1.807, 2.05) is 31.2 Å². The Morgan fingerprint density at radius 3 is 2.42 bits per heavy atom. The van der Waals surface area contributed by atoms with Crippen molar-refractivity contribution in [2.45, 2.75) is 20.3 Å². The highest BCUT2D eigenvalue weighted by atomic mass is 16.6. The molecule has 5 nitrogen and oxygen atoms in total. The maximum absolute atomic E-state index is 13.0. The van der Waals surface area contributed by atoms with E-state index in [1.54, 1.807) is 31.2 Å². The van der Waals surface area contributed by atoms with E-state index in [9.17, 15) is 9.59 Å². The lowest BCUT2D eigenvalue weighted by Gasteiger charge is -2.07. The minimum absolute atomic E-state index is 0.0938. The summed E-state index contributed by atoms with van der Waals surface area (Å²) in [4.78, 5) is 24.3. The molecule has 26 heavy (non-hydrogen) atoms. The Kier molecular flexibility index (Phi) is 5.37. The van der Waals surface area contributed by atoms with Crippen LogP contribution in [0.1, 0.15) is 35.5 Å². The van der Waals surface area contributed by atoms with Gasteiger partial charge in [0.2, 0.25) is 0 Å². The van der Waals surface area contributed by atoms with E-state index in [1.165, 1.54) is 0 Å². The summed E-state index contributed by atoms with van der Waals surface area (Å²) in [5.74, 6) is 0.662. The maximum Gasteiger partial charge on any atom is 0.344 e. The standard InChI is InChI=1S/C21H20O5/c1-3-17-20(16-7-5-6-8-18(16)26-17)21(23)14-9-11-15(12-10-14)25-13-19(22)24-4-2/h5-12H,3-4,13H2,1-2H3. The zero-order chi connectivity index (χ0) is 18.5. The number of hydrogen-bond acceptors (Lipinski definition) is 5. The molecular formula is C21H20O5. The van der Waals surface area contributed by atoms with Crippen LogP contribution in [0, 0.1) is 0 Å². The van der Waals surface area contributed by atoms with E-state index >= 15 is 0 Å². The quantitative estimate of drug-likeness (QED) is 0.472. The molecule has 134 valence electrons. The highest BCUT2D eigenvalue weighted by molar-refractivity contribution is 6.16. The van der Waals surface area contributed by atoms with Gasteiger partial charge >= 0.3 is 5.97 Å². The van der Waals surface area contributed by atoms with Gasteiger partial charge in [0.15, 0.2) is 12.4 Å². The fourth-order valence-electron chi connectivity index (χ4n) is 2.79. The molecule has 0 saturated heterocycles. The predicted molar refractivity (Wildman–Crippen MR) is 97.6 cm³/mol. The molecule has 1 heterocycles. The van der Waals surface area contributed by atoms with E-state index in [4.69, 9.17) is 13.9 Å². The van der Waals surface area contributed by atoms with Gasteiger partial charge in [0, 0.05) is 17.4 Å². The minimum atomic E-state index is -0.426. The second kappa shape index (κ2) is 7.87. The van der Waals surface area contributed by atoms with Crippen LogP contribution in [0.15, 0.2) is 52.9 Å². The van der Waals surface area contributed by atoms with Gasteiger partial charge in [0.25, 0.3) is 0 Å². The van der Waals surface area contributed by atoms with Crippen molar-refractivity contribution in [2.24, 2.45) is 0 Å². The number of esters is 1. The van der Waals surface area contributed by atoms with Crippen molar-refractivity contribution in [2.75, 3.05) is 13.2 Å². The average Bonchev–Trinajstić information content (AvgIpc) is 3.05. The number of para-hydroxylation sites is 1. The highest BCUT2D eigenvalue weighted by Gasteiger charge is 2.20. The summed E-state index contributed by atoms with van der Waals surface area (Å²) < 4.78 is 16.0. The summed E-state index contributed by atoms with van der Waals surface area (Å²) in [6, 6.07) is 14.2. The molecule has 0 amide bonds. The van der Waals surface area contributed by atoms with Crippen LogP contribution in [-0.4, -0.2) is 25.0 Å². The molecule has 3 rings (SSSR count). The zero-order valence-electron chi connectivity index (χ0n) is 14.8. The summed E-state index contributed by atoms with van der Waals surface area (Å²) in [6.45, 7) is 3.85. The molecule has 0 bridgehead atoms. The largest absolute Gasteiger partial charge is 0.482 e. The van der Waals surface area contributed by atoms with Crippen molar-refractivity contribution in [1.82, 2.24) is 0 Å².